The van der Waals surface area contributed by atoms with Crippen LogP contribution in [0.4, 0.5) is 0 Å². The van der Waals surface area contributed by atoms with Crippen LogP contribution in [-0.2, 0) is 6.54 Å². The van der Waals surface area contributed by atoms with Gasteiger partial charge in [-0.3, -0.25) is 4.98 Å². The number of hydrogen-bond acceptors (Lipinski definition) is 5. The number of benzene rings is 1. The summed E-state index contributed by atoms with van der Waals surface area (Å²) < 4.78 is 10.5. The van der Waals surface area contributed by atoms with E-state index in [4.69, 9.17) is 9.47 Å². The summed E-state index contributed by atoms with van der Waals surface area (Å²) in [6.45, 7) is 2.91. The highest BCUT2D eigenvalue weighted by molar-refractivity contribution is 7.09. The van der Waals surface area contributed by atoms with Crippen LogP contribution in [0.1, 0.15) is 23.4 Å². The molecule has 1 atom stereocenters. The van der Waals surface area contributed by atoms with Crippen molar-refractivity contribution < 1.29 is 9.47 Å². The number of methoxy groups -OCH3 is 2. The molecule has 0 fully saturated rings. The van der Waals surface area contributed by atoms with Gasteiger partial charge in [0, 0.05) is 23.7 Å². The molecule has 0 bridgehead atoms. The third kappa shape index (κ3) is 3.45. The Labute approximate surface area is 117 Å². The number of thiazole rings is 1. The minimum atomic E-state index is 0.292. The zero-order valence-electron chi connectivity index (χ0n) is 11.3. The molecule has 0 aliphatic heterocycles. The van der Waals surface area contributed by atoms with E-state index in [9.17, 15) is 0 Å². The predicted octanol–water partition coefficient (Wildman–Crippen LogP) is 3.01. The molecule has 0 aliphatic rings. The molecule has 0 radical (unpaired) electrons. The molecule has 1 aromatic carbocycles. The maximum atomic E-state index is 5.30. The van der Waals surface area contributed by atoms with E-state index < -0.39 is 0 Å². The van der Waals surface area contributed by atoms with E-state index in [0.717, 1.165) is 23.6 Å². The van der Waals surface area contributed by atoms with E-state index in [2.05, 4.69) is 17.2 Å². The summed E-state index contributed by atoms with van der Waals surface area (Å²) in [5.74, 6) is 1.51. The van der Waals surface area contributed by atoms with Gasteiger partial charge in [0.15, 0.2) is 11.5 Å². The van der Waals surface area contributed by atoms with E-state index in [1.54, 1.807) is 25.6 Å². The van der Waals surface area contributed by atoms with Gasteiger partial charge in [0.1, 0.15) is 0 Å². The van der Waals surface area contributed by atoms with Crippen LogP contribution in [-0.4, -0.2) is 19.2 Å². The molecular formula is C14H18N2O2S. The number of nitrogens with one attached hydrogen (secondary N) is 1. The fourth-order valence-corrected chi connectivity index (χ4v) is 2.45. The minimum absolute atomic E-state index is 0.292. The van der Waals surface area contributed by atoms with Gasteiger partial charge in [0.2, 0.25) is 0 Å². The molecule has 2 rings (SSSR count). The molecule has 1 N–H and O–H groups in total. The summed E-state index contributed by atoms with van der Waals surface area (Å²) in [4.78, 5) is 5.33. The monoisotopic (exact) mass is 278 g/mol. The Balaban J connectivity index is 1.99. The zero-order valence-corrected chi connectivity index (χ0v) is 12.2. The third-order valence-electron chi connectivity index (χ3n) is 2.94. The van der Waals surface area contributed by atoms with Gasteiger partial charge in [0.05, 0.1) is 19.7 Å². The SMILES string of the molecule is COc1ccc(CNC(C)c2cncs2)cc1OC. The fourth-order valence-electron chi connectivity index (χ4n) is 1.80. The van der Waals surface area contributed by atoms with Crippen LogP contribution >= 0.6 is 11.3 Å². The van der Waals surface area contributed by atoms with Gasteiger partial charge in [-0.25, -0.2) is 0 Å². The van der Waals surface area contributed by atoms with E-state index >= 15 is 0 Å². The first-order chi connectivity index (χ1) is 9.24. The standard InChI is InChI=1S/C14H18N2O2S/c1-10(14-8-15-9-19-14)16-7-11-4-5-12(17-2)13(6-11)18-3/h4-6,8-10,16H,7H2,1-3H3. The highest BCUT2D eigenvalue weighted by Crippen LogP contribution is 2.27. The fraction of sp³-hybridized carbons (Fsp3) is 0.357. The topological polar surface area (TPSA) is 43.4 Å². The van der Waals surface area contributed by atoms with Crippen molar-refractivity contribution in [2.45, 2.75) is 19.5 Å². The van der Waals surface area contributed by atoms with Crippen LogP contribution < -0.4 is 14.8 Å². The first-order valence-corrected chi connectivity index (χ1v) is 6.95. The van der Waals surface area contributed by atoms with E-state index in [1.165, 1.54) is 4.88 Å². The van der Waals surface area contributed by atoms with Crippen molar-refractivity contribution in [1.29, 1.82) is 0 Å². The molecule has 0 amide bonds. The second-order valence-electron chi connectivity index (χ2n) is 4.20. The quantitative estimate of drug-likeness (QED) is 0.882. The minimum Gasteiger partial charge on any atom is -0.493 e. The Bertz CT molecular complexity index is 514. The van der Waals surface area contributed by atoms with Gasteiger partial charge in [-0.05, 0) is 24.6 Å². The molecular weight excluding hydrogens is 260 g/mol. The Morgan fingerprint density at radius 3 is 2.68 bits per heavy atom. The van der Waals surface area contributed by atoms with E-state index in [0.29, 0.717) is 6.04 Å². The molecule has 102 valence electrons. The lowest BCUT2D eigenvalue weighted by Crippen LogP contribution is -2.17. The number of ether oxygens (including phenoxy) is 2. The van der Waals surface area contributed by atoms with Crippen LogP contribution in [0, 0.1) is 0 Å². The summed E-state index contributed by atoms with van der Waals surface area (Å²) in [5.41, 5.74) is 3.01. The molecule has 5 heteroatoms. The summed E-state index contributed by atoms with van der Waals surface area (Å²) in [6.07, 6.45) is 1.90. The van der Waals surface area contributed by atoms with Gasteiger partial charge in [0.25, 0.3) is 0 Å². The van der Waals surface area contributed by atoms with Gasteiger partial charge >= 0.3 is 0 Å². The van der Waals surface area contributed by atoms with Crippen LogP contribution in [0.3, 0.4) is 0 Å². The first-order valence-electron chi connectivity index (χ1n) is 6.07. The van der Waals surface area contributed by atoms with E-state index in [-0.39, 0.29) is 0 Å². The Kier molecular flexibility index (Phi) is 4.76. The van der Waals surface area contributed by atoms with Crippen molar-refractivity contribution in [3.05, 3.63) is 40.3 Å². The smallest absolute Gasteiger partial charge is 0.161 e. The lowest BCUT2D eigenvalue weighted by Gasteiger charge is -2.13. The average molecular weight is 278 g/mol. The van der Waals surface area contributed by atoms with Crippen molar-refractivity contribution >= 4 is 11.3 Å². The predicted molar refractivity (Wildman–Crippen MR) is 76.9 cm³/mol. The number of aromatic nitrogens is 1. The van der Waals surface area contributed by atoms with Crippen molar-refractivity contribution in [3.8, 4) is 11.5 Å². The second kappa shape index (κ2) is 6.54. The summed E-state index contributed by atoms with van der Waals surface area (Å²) in [7, 11) is 3.29. The lowest BCUT2D eigenvalue weighted by atomic mass is 10.2. The number of hydrogen-bond donors (Lipinski definition) is 1. The molecule has 19 heavy (non-hydrogen) atoms. The summed E-state index contributed by atoms with van der Waals surface area (Å²) in [5, 5.41) is 3.46. The van der Waals surface area contributed by atoms with Gasteiger partial charge in [-0.2, -0.15) is 0 Å². The first kappa shape index (κ1) is 13.8. The van der Waals surface area contributed by atoms with Crippen molar-refractivity contribution in [2.75, 3.05) is 14.2 Å². The second-order valence-corrected chi connectivity index (χ2v) is 5.11. The largest absolute Gasteiger partial charge is 0.493 e. The zero-order chi connectivity index (χ0) is 13.7. The Hall–Kier alpha value is -1.59. The maximum Gasteiger partial charge on any atom is 0.161 e. The molecule has 2 aromatic rings. The maximum absolute atomic E-state index is 5.30. The highest BCUT2D eigenvalue weighted by atomic mass is 32.1. The molecule has 0 saturated heterocycles. The Morgan fingerprint density at radius 2 is 2.05 bits per heavy atom. The van der Waals surface area contributed by atoms with Gasteiger partial charge < -0.3 is 14.8 Å². The van der Waals surface area contributed by atoms with Gasteiger partial charge in [-0.1, -0.05) is 6.07 Å². The summed E-state index contributed by atoms with van der Waals surface area (Å²) in [6, 6.07) is 6.24. The number of nitrogens with zero attached hydrogens (tertiary/aromatic N) is 1. The van der Waals surface area contributed by atoms with Crippen LogP contribution in [0.5, 0.6) is 11.5 Å². The van der Waals surface area contributed by atoms with Crippen molar-refractivity contribution in [1.82, 2.24) is 10.3 Å². The highest BCUT2D eigenvalue weighted by Gasteiger charge is 2.08. The van der Waals surface area contributed by atoms with Gasteiger partial charge in [-0.15, -0.1) is 11.3 Å². The van der Waals surface area contributed by atoms with Crippen LogP contribution in [0.25, 0.3) is 0 Å². The molecule has 1 unspecified atom stereocenters. The van der Waals surface area contributed by atoms with Crippen molar-refractivity contribution in [3.63, 3.8) is 0 Å². The van der Waals surface area contributed by atoms with Crippen molar-refractivity contribution in [2.24, 2.45) is 0 Å². The van der Waals surface area contributed by atoms with E-state index in [1.807, 2.05) is 29.9 Å². The normalized spacial score (nSPS) is 12.2. The van der Waals surface area contributed by atoms with Crippen LogP contribution in [0.15, 0.2) is 29.9 Å². The molecule has 1 heterocycles. The molecule has 0 saturated carbocycles. The molecule has 1 aromatic heterocycles. The van der Waals surface area contributed by atoms with Crippen LogP contribution in [0.2, 0.25) is 0 Å². The Morgan fingerprint density at radius 1 is 1.26 bits per heavy atom. The average Bonchev–Trinajstić information content (AvgIpc) is 2.98. The third-order valence-corrected chi connectivity index (χ3v) is 3.90. The number of rotatable bonds is 6. The summed E-state index contributed by atoms with van der Waals surface area (Å²) >= 11 is 1.66. The molecule has 0 aliphatic carbocycles. The lowest BCUT2D eigenvalue weighted by molar-refractivity contribution is 0.354. The molecule has 0 spiro atoms. The molecule has 4 nitrogen and oxygen atoms in total.